The van der Waals surface area contributed by atoms with Crippen LogP contribution >= 0.6 is 0 Å². The van der Waals surface area contributed by atoms with Crippen LogP contribution in [0.1, 0.15) is 46.5 Å². The highest BCUT2D eigenvalue weighted by Crippen LogP contribution is 2.31. The smallest absolute Gasteiger partial charge is 0.320 e. The highest BCUT2D eigenvalue weighted by molar-refractivity contribution is 5.79. The molecule has 0 bridgehead atoms. The third-order valence-electron chi connectivity index (χ3n) is 5.25. The van der Waals surface area contributed by atoms with E-state index in [9.17, 15) is 14.7 Å². The first kappa shape index (κ1) is 16.1. The lowest BCUT2D eigenvalue weighted by atomic mass is 9.89. The minimum atomic E-state index is -0.798. The minimum Gasteiger partial charge on any atom is -0.481 e. The van der Waals surface area contributed by atoms with Crippen LogP contribution in [0.2, 0.25) is 0 Å². The lowest BCUT2D eigenvalue weighted by Gasteiger charge is -2.28. The SMILES string of the molecule is CC(C)C1CCCN(C(=O)N2CCC(C)(C(=O)O)C2)CC1. The molecule has 0 radical (unpaired) electrons. The van der Waals surface area contributed by atoms with E-state index in [2.05, 4.69) is 13.8 Å². The molecule has 21 heavy (non-hydrogen) atoms. The molecule has 0 saturated carbocycles. The summed E-state index contributed by atoms with van der Waals surface area (Å²) >= 11 is 0. The second kappa shape index (κ2) is 6.24. The van der Waals surface area contributed by atoms with Gasteiger partial charge in [-0.15, -0.1) is 0 Å². The Morgan fingerprint density at radius 1 is 1.14 bits per heavy atom. The zero-order valence-corrected chi connectivity index (χ0v) is 13.5. The molecule has 2 saturated heterocycles. The van der Waals surface area contributed by atoms with Gasteiger partial charge in [-0.25, -0.2) is 4.79 Å². The molecule has 0 aromatic heterocycles. The van der Waals surface area contributed by atoms with Gasteiger partial charge in [0, 0.05) is 26.2 Å². The summed E-state index contributed by atoms with van der Waals surface area (Å²) in [7, 11) is 0. The fraction of sp³-hybridized carbons (Fsp3) is 0.875. The van der Waals surface area contributed by atoms with Crippen LogP contribution in [0.4, 0.5) is 4.79 Å². The lowest BCUT2D eigenvalue weighted by Crippen LogP contribution is -2.44. The Morgan fingerprint density at radius 2 is 1.86 bits per heavy atom. The van der Waals surface area contributed by atoms with Crippen molar-refractivity contribution >= 4 is 12.0 Å². The molecule has 2 amide bonds. The molecule has 1 N–H and O–H groups in total. The molecule has 5 nitrogen and oxygen atoms in total. The number of urea groups is 1. The fourth-order valence-corrected chi connectivity index (χ4v) is 3.48. The first-order valence-electron chi connectivity index (χ1n) is 8.11. The summed E-state index contributed by atoms with van der Waals surface area (Å²) in [6.07, 6.45) is 3.86. The van der Waals surface area contributed by atoms with Crippen molar-refractivity contribution in [1.82, 2.24) is 9.80 Å². The monoisotopic (exact) mass is 296 g/mol. The number of aliphatic carboxylic acids is 1. The molecule has 2 rings (SSSR count). The maximum Gasteiger partial charge on any atom is 0.320 e. The number of nitrogens with zero attached hydrogens (tertiary/aromatic N) is 2. The van der Waals surface area contributed by atoms with E-state index in [4.69, 9.17) is 0 Å². The molecule has 2 atom stereocenters. The van der Waals surface area contributed by atoms with E-state index in [1.54, 1.807) is 11.8 Å². The number of carboxylic acids is 1. The van der Waals surface area contributed by atoms with Crippen molar-refractivity contribution < 1.29 is 14.7 Å². The van der Waals surface area contributed by atoms with E-state index in [-0.39, 0.29) is 6.03 Å². The highest BCUT2D eigenvalue weighted by Gasteiger charge is 2.43. The summed E-state index contributed by atoms with van der Waals surface area (Å²) in [5.41, 5.74) is -0.776. The average Bonchev–Trinajstić information content (AvgIpc) is 2.68. The van der Waals surface area contributed by atoms with Crippen LogP contribution in [0.15, 0.2) is 0 Å². The molecule has 120 valence electrons. The number of hydrogen-bond donors (Lipinski definition) is 1. The Labute approximate surface area is 127 Å². The van der Waals surface area contributed by atoms with Gasteiger partial charge >= 0.3 is 12.0 Å². The van der Waals surface area contributed by atoms with Crippen LogP contribution < -0.4 is 0 Å². The van der Waals surface area contributed by atoms with Gasteiger partial charge in [0.1, 0.15) is 0 Å². The first-order valence-corrected chi connectivity index (χ1v) is 8.11. The van der Waals surface area contributed by atoms with Gasteiger partial charge in [-0.1, -0.05) is 13.8 Å². The number of amides is 2. The van der Waals surface area contributed by atoms with Gasteiger partial charge in [0.15, 0.2) is 0 Å². The molecule has 0 aromatic carbocycles. The Balaban J connectivity index is 1.94. The first-order chi connectivity index (χ1) is 9.83. The second-order valence-electron chi connectivity index (χ2n) is 7.24. The van der Waals surface area contributed by atoms with Crippen molar-refractivity contribution in [2.75, 3.05) is 26.2 Å². The maximum absolute atomic E-state index is 12.6. The molecule has 5 heteroatoms. The Kier molecular flexibility index (Phi) is 4.79. The zero-order valence-electron chi connectivity index (χ0n) is 13.5. The van der Waals surface area contributed by atoms with Gasteiger partial charge in [0.2, 0.25) is 0 Å². The quantitative estimate of drug-likeness (QED) is 0.852. The fourth-order valence-electron chi connectivity index (χ4n) is 3.48. The molecule has 2 unspecified atom stereocenters. The number of hydrogen-bond acceptors (Lipinski definition) is 2. The topological polar surface area (TPSA) is 60.9 Å². The zero-order chi connectivity index (χ0) is 15.6. The van der Waals surface area contributed by atoms with E-state index >= 15 is 0 Å². The van der Waals surface area contributed by atoms with Gasteiger partial charge < -0.3 is 14.9 Å². The van der Waals surface area contributed by atoms with Crippen LogP contribution in [-0.4, -0.2) is 53.1 Å². The predicted molar refractivity (Wildman–Crippen MR) is 81.1 cm³/mol. The molecule has 2 fully saturated rings. The van der Waals surface area contributed by atoms with Crippen molar-refractivity contribution in [2.24, 2.45) is 17.3 Å². The molecule has 2 aliphatic heterocycles. The Bertz CT molecular complexity index is 410. The number of carboxylic acid groups (broad SMARTS) is 1. The number of carbonyl (C=O) groups is 2. The summed E-state index contributed by atoms with van der Waals surface area (Å²) in [6, 6.07) is 0.0318. The summed E-state index contributed by atoms with van der Waals surface area (Å²) < 4.78 is 0. The Morgan fingerprint density at radius 3 is 2.43 bits per heavy atom. The van der Waals surface area contributed by atoms with Crippen LogP contribution in [0.3, 0.4) is 0 Å². The van der Waals surface area contributed by atoms with E-state index in [0.717, 1.165) is 25.9 Å². The molecule has 2 heterocycles. The molecular weight excluding hydrogens is 268 g/mol. The lowest BCUT2D eigenvalue weighted by molar-refractivity contribution is -0.147. The number of carbonyl (C=O) groups excluding carboxylic acids is 1. The van der Waals surface area contributed by atoms with Crippen LogP contribution in [-0.2, 0) is 4.79 Å². The molecule has 0 spiro atoms. The van der Waals surface area contributed by atoms with Crippen LogP contribution in [0.5, 0.6) is 0 Å². The van der Waals surface area contributed by atoms with Crippen molar-refractivity contribution in [3.8, 4) is 0 Å². The molecule has 2 aliphatic rings. The van der Waals surface area contributed by atoms with Crippen molar-refractivity contribution in [3.05, 3.63) is 0 Å². The van der Waals surface area contributed by atoms with E-state index in [0.29, 0.717) is 31.3 Å². The third-order valence-corrected chi connectivity index (χ3v) is 5.25. The summed E-state index contributed by atoms with van der Waals surface area (Å²) in [6.45, 7) is 8.75. The van der Waals surface area contributed by atoms with Gasteiger partial charge in [0.05, 0.1) is 5.41 Å². The third kappa shape index (κ3) is 3.50. The van der Waals surface area contributed by atoms with Gasteiger partial charge in [-0.2, -0.15) is 0 Å². The van der Waals surface area contributed by atoms with Gasteiger partial charge in [0.25, 0.3) is 0 Å². The largest absolute Gasteiger partial charge is 0.481 e. The number of likely N-dealkylation sites (tertiary alicyclic amines) is 2. The summed E-state index contributed by atoms with van der Waals surface area (Å²) in [4.78, 5) is 27.5. The summed E-state index contributed by atoms with van der Waals surface area (Å²) in [5, 5.41) is 9.27. The second-order valence-corrected chi connectivity index (χ2v) is 7.24. The van der Waals surface area contributed by atoms with E-state index in [1.807, 2.05) is 4.90 Å². The number of rotatable bonds is 2. The standard InChI is InChI=1S/C16H28N2O3/c1-12(2)13-5-4-8-17(9-6-13)15(21)18-10-7-16(3,11-18)14(19)20/h12-13H,4-11H2,1-3H3,(H,19,20). The van der Waals surface area contributed by atoms with Crippen LogP contribution in [0, 0.1) is 17.3 Å². The van der Waals surface area contributed by atoms with Crippen molar-refractivity contribution in [2.45, 2.75) is 46.5 Å². The summed E-state index contributed by atoms with van der Waals surface area (Å²) in [5.74, 6) is 0.571. The van der Waals surface area contributed by atoms with E-state index < -0.39 is 11.4 Å². The molecular formula is C16H28N2O3. The molecule has 0 aliphatic carbocycles. The highest BCUT2D eigenvalue weighted by atomic mass is 16.4. The predicted octanol–water partition coefficient (Wildman–Crippen LogP) is 2.66. The average molecular weight is 296 g/mol. The minimum absolute atomic E-state index is 0.0318. The van der Waals surface area contributed by atoms with Crippen molar-refractivity contribution in [1.29, 1.82) is 0 Å². The Hall–Kier alpha value is -1.26. The van der Waals surface area contributed by atoms with E-state index in [1.165, 1.54) is 6.42 Å². The van der Waals surface area contributed by atoms with Gasteiger partial charge in [-0.3, -0.25) is 4.79 Å². The van der Waals surface area contributed by atoms with Crippen LogP contribution in [0.25, 0.3) is 0 Å². The molecule has 0 aromatic rings. The van der Waals surface area contributed by atoms with Crippen molar-refractivity contribution in [3.63, 3.8) is 0 Å². The normalized spacial score (nSPS) is 30.6. The van der Waals surface area contributed by atoms with Gasteiger partial charge in [-0.05, 0) is 44.4 Å². The maximum atomic E-state index is 12.6.